The molecule has 4 heterocycles. The predicted octanol–water partition coefficient (Wildman–Crippen LogP) is 6.79. The zero-order valence-corrected chi connectivity index (χ0v) is 27.1. The smallest absolute Gasteiger partial charge is 0.246 e. The Hall–Kier alpha value is -5.06. The van der Waals surface area contributed by atoms with Gasteiger partial charge in [0.1, 0.15) is 11.8 Å². The van der Waals surface area contributed by atoms with Crippen LogP contribution in [-0.2, 0) is 19.2 Å². The molecule has 4 unspecified atom stereocenters. The fourth-order valence-corrected chi connectivity index (χ4v) is 9.98. The highest BCUT2D eigenvalue weighted by Crippen LogP contribution is 2.51. The van der Waals surface area contributed by atoms with Gasteiger partial charge in [-0.2, -0.15) is 0 Å². The van der Waals surface area contributed by atoms with E-state index >= 15 is 0 Å². The van der Waals surface area contributed by atoms with Crippen LogP contribution in [0.25, 0.3) is 0 Å². The van der Waals surface area contributed by atoms with Gasteiger partial charge in [0.25, 0.3) is 0 Å². The lowest BCUT2D eigenvalue weighted by Gasteiger charge is -2.43. The van der Waals surface area contributed by atoms with Crippen LogP contribution in [0.5, 0.6) is 0 Å². The van der Waals surface area contributed by atoms with Crippen molar-refractivity contribution in [3.8, 4) is 0 Å². The van der Waals surface area contributed by atoms with Crippen LogP contribution in [0, 0.1) is 0 Å². The van der Waals surface area contributed by atoms with Crippen LogP contribution in [-0.4, -0.2) is 39.5 Å². The maximum absolute atomic E-state index is 14.3. The summed E-state index contributed by atoms with van der Waals surface area (Å²) >= 11 is 3.01. The van der Waals surface area contributed by atoms with Crippen LogP contribution in [0.1, 0.15) is 35.8 Å². The van der Waals surface area contributed by atoms with Gasteiger partial charge in [0.05, 0.1) is 5.69 Å². The molecule has 9 rings (SSSR count). The number of para-hydroxylation sites is 3. The fourth-order valence-electron chi connectivity index (χ4n) is 7.25. The molecule has 0 N–H and O–H groups in total. The summed E-state index contributed by atoms with van der Waals surface area (Å²) in [6.45, 7) is 0. The average Bonchev–Trinajstić information content (AvgIpc) is 3.69. The number of hydrogen-bond donors (Lipinski definition) is 0. The van der Waals surface area contributed by atoms with Crippen molar-refractivity contribution in [3.63, 3.8) is 0 Å². The molecule has 4 aliphatic heterocycles. The van der Waals surface area contributed by atoms with Crippen LogP contribution >= 0.6 is 23.5 Å². The Morgan fingerprint density at radius 1 is 0.521 bits per heavy atom. The molecule has 5 aliphatic rings. The average molecular weight is 669 g/mol. The first-order valence-electron chi connectivity index (χ1n) is 15.9. The molecule has 2 saturated heterocycles. The molecule has 0 radical (unpaired) electrons. The maximum atomic E-state index is 14.3. The van der Waals surface area contributed by atoms with Crippen LogP contribution < -0.4 is 14.7 Å². The zero-order chi connectivity index (χ0) is 32.5. The van der Waals surface area contributed by atoms with E-state index in [4.69, 9.17) is 0 Å². The first kappa shape index (κ1) is 29.1. The number of carbonyl (C=O) groups is 4. The SMILES string of the molecule is O=C1C(c2ccc(C3C(=O)N(c4ccccc4)C4Sc5ccccc5N4C3=O)cc2)C(=O)N(c2ccccc2)C2SC3=C(CCC=C3)N12. The number of thioether (sulfide) groups is 2. The van der Waals surface area contributed by atoms with E-state index in [1.54, 1.807) is 43.9 Å². The van der Waals surface area contributed by atoms with Gasteiger partial charge in [0, 0.05) is 26.9 Å². The molecule has 4 aromatic carbocycles. The lowest BCUT2D eigenvalue weighted by Crippen LogP contribution is -2.60. The molecule has 2 fully saturated rings. The summed E-state index contributed by atoms with van der Waals surface area (Å²) in [6, 6.07) is 33.5. The van der Waals surface area contributed by atoms with E-state index in [1.807, 2.05) is 91.0 Å². The Morgan fingerprint density at radius 3 is 1.62 bits per heavy atom. The molecule has 4 aromatic rings. The molecule has 4 amide bonds. The quantitative estimate of drug-likeness (QED) is 0.223. The minimum Gasteiger partial charge on any atom is -0.283 e. The molecule has 0 spiro atoms. The van der Waals surface area contributed by atoms with E-state index in [2.05, 4.69) is 6.08 Å². The predicted molar refractivity (Wildman–Crippen MR) is 187 cm³/mol. The second-order valence-electron chi connectivity index (χ2n) is 12.1. The molecule has 1 aliphatic carbocycles. The highest BCUT2D eigenvalue weighted by molar-refractivity contribution is 8.04. The maximum Gasteiger partial charge on any atom is 0.246 e. The van der Waals surface area contributed by atoms with Crippen LogP contribution in [0.3, 0.4) is 0 Å². The lowest BCUT2D eigenvalue weighted by molar-refractivity contribution is -0.141. The number of anilines is 3. The monoisotopic (exact) mass is 668 g/mol. The van der Waals surface area contributed by atoms with Gasteiger partial charge in [-0.15, -0.1) is 0 Å². The van der Waals surface area contributed by atoms with E-state index in [0.29, 0.717) is 16.8 Å². The molecule has 236 valence electrons. The van der Waals surface area contributed by atoms with Crippen LogP contribution in [0.2, 0.25) is 0 Å². The van der Waals surface area contributed by atoms with E-state index in [1.165, 1.54) is 23.5 Å². The second-order valence-corrected chi connectivity index (χ2v) is 14.3. The van der Waals surface area contributed by atoms with Crippen molar-refractivity contribution >= 4 is 64.2 Å². The van der Waals surface area contributed by atoms with Gasteiger partial charge in [-0.05, 0) is 60.4 Å². The topological polar surface area (TPSA) is 81.2 Å². The van der Waals surface area contributed by atoms with Crippen LogP contribution in [0.4, 0.5) is 17.1 Å². The third-order valence-electron chi connectivity index (χ3n) is 9.47. The van der Waals surface area contributed by atoms with Crippen molar-refractivity contribution in [3.05, 3.63) is 143 Å². The van der Waals surface area contributed by atoms with Crippen molar-refractivity contribution in [1.82, 2.24) is 4.90 Å². The highest BCUT2D eigenvalue weighted by atomic mass is 32.2. The van der Waals surface area contributed by atoms with E-state index in [-0.39, 0.29) is 23.6 Å². The number of hydrogen-bond acceptors (Lipinski definition) is 6. The molecular weight excluding hydrogens is 641 g/mol. The molecule has 0 saturated carbocycles. The number of allylic oxidation sites excluding steroid dienone is 3. The summed E-state index contributed by atoms with van der Waals surface area (Å²) in [5, 5.41) is 0. The number of benzene rings is 4. The van der Waals surface area contributed by atoms with Gasteiger partial charge < -0.3 is 0 Å². The van der Waals surface area contributed by atoms with Gasteiger partial charge >= 0.3 is 0 Å². The third kappa shape index (κ3) is 4.32. The molecule has 0 aromatic heterocycles. The fraction of sp³-hybridized carbons (Fsp3) is 0.158. The Labute approximate surface area is 285 Å². The molecular formula is C38H28N4O4S2. The van der Waals surface area contributed by atoms with Crippen molar-refractivity contribution in [2.45, 2.75) is 40.6 Å². The van der Waals surface area contributed by atoms with Gasteiger partial charge in [-0.1, -0.05) is 108 Å². The van der Waals surface area contributed by atoms with E-state index < -0.39 is 22.8 Å². The van der Waals surface area contributed by atoms with Crippen molar-refractivity contribution in [1.29, 1.82) is 0 Å². The summed E-state index contributed by atoms with van der Waals surface area (Å²) in [7, 11) is 0. The molecule has 8 nitrogen and oxygen atoms in total. The molecule has 4 atom stereocenters. The number of amides is 4. The summed E-state index contributed by atoms with van der Waals surface area (Å²) in [4.78, 5) is 66.0. The van der Waals surface area contributed by atoms with Crippen molar-refractivity contribution < 1.29 is 19.2 Å². The summed E-state index contributed by atoms with van der Waals surface area (Å²) in [5.41, 5.74) is 3.15. The zero-order valence-electron chi connectivity index (χ0n) is 25.5. The lowest BCUT2D eigenvalue weighted by atomic mass is 9.88. The standard InChI is InChI=1S/C38H28N4O4S2/c43-33-31(35(45)41-27-15-7-9-17-29(27)47-37(41)39(33)25-11-3-1-4-12-25)23-19-21-24(22-20-23)32-34(44)40(26-13-5-2-6-14-26)38-42(36(32)46)28-16-8-10-18-30(28)48-38/h1-7,9-15,17-22,31-32,37-38H,8,16H2. The number of nitrogens with zero attached hydrogens (tertiary/aromatic N) is 4. The van der Waals surface area contributed by atoms with Gasteiger partial charge in [-0.25, -0.2) is 0 Å². The van der Waals surface area contributed by atoms with Gasteiger partial charge in [0.15, 0.2) is 11.0 Å². The minimum absolute atomic E-state index is 0.258. The Balaban J connectivity index is 1.09. The highest BCUT2D eigenvalue weighted by Gasteiger charge is 2.54. The Bertz CT molecular complexity index is 2070. The van der Waals surface area contributed by atoms with Crippen LogP contribution in [0.15, 0.2) is 137 Å². The van der Waals surface area contributed by atoms with Gasteiger partial charge in [-0.3, -0.25) is 38.8 Å². The van der Waals surface area contributed by atoms with Gasteiger partial charge in [0.2, 0.25) is 23.6 Å². The molecule has 48 heavy (non-hydrogen) atoms. The summed E-state index contributed by atoms with van der Waals surface area (Å²) < 4.78 is 0. The first-order valence-corrected chi connectivity index (χ1v) is 17.6. The van der Waals surface area contributed by atoms with Crippen molar-refractivity contribution in [2.24, 2.45) is 0 Å². The second kappa shape index (κ2) is 11.3. The Kier molecular flexibility index (Phi) is 6.84. The Morgan fingerprint density at radius 2 is 1.02 bits per heavy atom. The number of rotatable bonds is 4. The largest absolute Gasteiger partial charge is 0.283 e. The summed E-state index contributed by atoms with van der Waals surface area (Å²) in [6.07, 6.45) is 5.71. The number of carbonyl (C=O) groups excluding carboxylic acids is 4. The summed E-state index contributed by atoms with van der Waals surface area (Å²) in [5.74, 6) is -3.34. The number of fused-ring (bicyclic) bond motifs is 5. The molecule has 10 heteroatoms. The van der Waals surface area contributed by atoms with Crippen molar-refractivity contribution in [2.75, 3.05) is 14.7 Å². The minimum atomic E-state index is -1.10. The first-order chi connectivity index (χ1) is 23.5. The molecule has 0 bridgehead atoms. The third-order valence-corrected chi connectivity index (χ3v) is 12.0. The van der Waals surface area contributed by atoms with E-state index in [9.17, 15) is 19.2 Å². The normalized spacial score (nSPS) is 24.6. The van der Waals surface area contributed by atoms with E-state index in [0.717, 1.165) is 39.7 Å².